The molecule has 6 heteroatoms. The topological polar surface area (TPSA) is 43.4 Å². The molecule has 0 N–H and O–H groups in total. The highest BCUT2D eigenvalue weighted by atomic mass is 16.9. The number of hydrogen-bond donors (Lipinski definition) is 0. The molecule has 0 bridgehead atoms. The molecule has 0 aliphatic rings. The highest BCUT2D eigenvalue weighted by molar-refractivity contribution is 4.45. The van der Waals surface area contributed by atoms with Crippen LogP contribution >= 0.6 is 0 Å². The third kappa shape index (κ3) is 6.25. The molecule has 0 spiro atoms. The molecule has 0 heterocycles. The third-order valence-corrected chi connectivity index (χ3v) is 1.74. The summed E-state index contributed by atoms with van der Waals surface area (Å²) in [6.07, 6.45) is 0. The lowest BCUT2D eigenvalue weighted by molar-refractivity contribution is -0.347. The fourth-order valence-electron chi connectivity index (χ4n) is 0.938. The lowest BCUT2D eigenvalue weighted by Crippen LogP contribution is -2.35. The summed E-state index contributed by atoms with van der Waals surface area (Å²) in [7, 11) is 6.38. The van der Waals surface area contributed by atoms with Crippen LogP contribution in [0.25, 0.3) is 0 Å². The van der Waals surface area contributed by atoms with E-state index in [0.717, 1.165) is 0 Å². The summed E-state index contributed by atoms with van der Waals surface area (Å²) < 4.78 is 4.94. The predicted molar refractivity (Wildman–Crippen MR) is 51.2 cm³/mol. The van der Waals surface area contributed by atoms with Gasteiger partial charge in [0.05, 0.1) is 34.5 Å². The zero-order valence-corrected chi connectivity index (χ0v) is 9.36. The standard InChI is InChI=1S/C8H20N2O4/c1-11-8-7-9(12-2)5-6-10(13-3)14-4/h5-8H2,1-4H3. The molecule has 0 atom stereocenters. The van der Waals surface area contributed by atoms with Crippen LogP contribution in [-0.2, 0) is 19.2 Å². The molecular formula is C8H20N2O4. The predicted octanol–water partition coefficient (Wildman–Crippen LogP) is -0.0790. The molecule has 0 saturated carbocycles. The molecule has 0 aliphatic heterocycles. The monoisotopic (exact) mass is 208 g/mol. The average molecular weight is 208 g/mol. The maximum atomic E-state index is 5.11. The molecule has 14 heavy (non-hydrogen) atoms. The summed E-state index contributed by atoms with van der Waals surface area (Å²) in [6, 6.07) is 0. The van der Waals surface area contributed by atoms with E-state index in [0.29, 0.717) is 26.2 Å². The molecule has 86 valence electrons. The largest absolute Gasteiger partial charge is 0.383 e. The number of rotatable bonds is 9. The quantitative estimate of drug-likeness (QED) is 0.494. The molecule has 0 radical (unpaired) electrons. The van der Waals surface area contributed by atoms with Crippen molar-refractivity contribution in [3.63, 3.8) is 0 Å². The number of ether oxygens (including phenoxy) is 1. The molecule has 0 amide bonds. The summed E-state index contributed by atoms with van der Waals surface area (Å²) >= 11 is 0. The molecule has 0 aromatic heterocycles. The van der Waals surface area contributed by atoms with E-state index in [1.54, 1.807) is 33.5 Å². The molecule has 6 nitrogen and oxygen atoms in total. The maximum absolute atomic E-state index is 5.11. The minimum Gasteiger partial charge on any atom is -0.383 e. The first-order valence-electron chi connectivity index (χ1n) is 4.42. The number of nitrogens with zero attached hydrogens (tertiary/aromatic N) is 2. The van der Waals surface area contributed by atoms with Gasteiger partial charge in [-0.15, -0.1) is 0 Å². The molecule has 0 aromatic rings. The zero-order chi connectivity index (χ0) is 10.8. The van der Waals surface area contributed by atoms with Crippen molar-refractivity contribution >= 4 is 0 Å². The van der Waals surface area contributed by atoms with Crippen LogP contribution in [-0.4, -0.2) is 65.0 Å². The van der Waals surface area contributed by atoms with E-state index in [1.165, 1.54) is 5.23 Å². The van der Waals surface area contributed by atoms with E-state index < -0.39 is 0 Å². The van der Waals surface area contributed by atoms with Crippen LogP contribution in [0.2, 0.25) is 0 Å². The summed E-state index contributed by atoms with van der Waals surface area (Å²) in [4.78, 5) is 14.9. The van der Waals surface area contributed by atoms with Crippen LogP contribution in [0.1, 0.15) is 0 Å². The average Bonchev–Trinajstić information content (AvgIpc) is 2.23. The molecular weight excluding hydrogens is 188 g/mol. The van der Waals surface area contributed by atoms with Crippen molar-refractivity contribution in [2.75, 3.05) is 54.7 Å². The van der Waals surface area contributed by atoms with Crippen LogP contribution in [0.15, 0.2) is 0 Å². The van der Waals surface area contributed by atoms with E-state index in [9.17, 15) is 0 Å². The Morgan fingerprint density at radius 1 is 0.786 bits per heavy atom. The van der Waals surface area contributed by atoms with Gasteiger partial charge in [-0.25, -0.2) is 0 Å². The highest BCUT2D eigenvalue weighted by Crippen LogP contribution is 1.92. The second-order valence-corrected chi connectivity index (χ2v) is 2.53. The van der Waals surface area contributed by atoms with Gasteiger partial charge in [-0.2, -0.15) is 5.06 Å². The number of hydrogen-bond acceptors (Lipinski definition) is 6. The van der Waals surface area contributed by atoms with Gasteiger partial charge in [-0.1, -0.05) is 5.23 Å². The van der Waals surface area contributed by atoms with Crippen molar-refractivity contribution in [3.05, 3.63) is 0 Å². The normalized spacial score (nSPS) is 11.6. The van der Waals surface area contributed by atoms with E-state index in [-0.39, 0.29) is 0 Å². The van der Waals surface area contributed by atoms with Gasteiger partial charge in [-0.3, -0.25) is 9.68 Å². The summed E-state index contributed by atoms with van der Waals surface area (Å²) in [6.45, 7) is 2.63. The van der Waals surface area contributed by atoms with Crippen LogP contribution in [0.3, 0.4) is 0 Å². The van der Waals surface area contributed by atoms with Gasteiger partial charge in [-0.05, 0) is 0 Å². The zero-order valence-electron chi connectivity index (χ0n) is 9.36. The Morgan fingerprint density at radius 3 is 1.86 bits per heavy atom. The Bertz CT molecular complexity index is 122. The minimum absolute atomic E-state index is 0.602. The summed E-state index contributed by atoms with van der Waals surface area (Å²) in [5.41, 5.74) is 0. The van der Waals surface area contributed by atoms with Crippen LogP contribution in [0.5, 0.6) is 0 Å². The second-order valence-electron chi connectivity index (χ2n) is 2.53. The van der Waals surface area contributed by atoms with Gasteiger partial charge in [0.2, 0.25) is 0 Å². The SMILES string of the molecule is COCCN(CCN(OC)OC)OC. The lowest BCUT2D eigenvalue weighted by Gasteiger charge is -2.22. The van der Waals surface area contributed by atoms with Crippen molar-refractivity contribution in [2.45, 2.75) is 0 Å². The molecule has 0 rings (SSSR count). The number of hydroxylamine groups is 4. The van der Waals surface area contributed by atoms with Gasteiger partial charge in [0, 0.05) is 20.2 Å². The smallest absolute Gasteiger partial charge is 0.0667 e. The van der Waals surface area contributed by atoms with Crippen molar-refractivity contribution in [2.24, 2.45) is 0 Å². The Labute approximate surface area is 85.1 Å². The first kappa shape index (κ1) is 13.8. The van der Waals surface area contributed by atoms with Crippen molar-refractivity contribution in [1.29, 1.82) is 0 Å². The van der Waals surface area contributed by atoms with E-state index >= 15 is 0 Å². The van der Waals surface area contributed by atoms with E-state index in [4.69, 9.17) is 19.2 Å². The van der Waals surface area contributed by atoms with Crippen LogP contribution in [0.4, 0.5) is 0 Å². The third-order valence-electron chi connectivity index (χ3n) is 1.74. The fraction of sp³-hybridized carbons (Fsp3) is 1.00. The van der Waals surface area contributed by atoms with Crippen molar-refractivity contribution in [1.82, 2.24) is 10.3 Å². The van der Waals surface area contributed by atoms with E-state index in [2.05, 4.69) is 0 Å². The Balaban J connectivity index is 3.59. The van der Waals surface area contributed by atoms with Crippen LogP contribution in [0, 0.1) is 0 Å². The fourth-order valence-corrected chi connectivity index (χ4v) is 0.938. The minimum atomic E-state index is 0.602. The van der Waals surface area contributed by atoms with Gasteiger partial charge in [0.25, 0.3) is 0 Å². The van der Waals surface area contributed by atoms with Gasteiger partial charge in [0.15, 0.2) is 0 Å². The highest BCUT2D eigenvalue weighted by Gasteiger charge is 2.07. The molecule has 0 saturated heterocycles. The lowest BCUT2D eigenvalue weighted by atomic mass is 10.6. The number of methoxy groups -OCH3 is 1. The van der Waals surface area contributed by atoms with E-state index in [1.807, 2.05) is 0 Å². The Kier molecular flexibility index (Phi) is 9.16. The second kappa shape index (κ2) is 9.32. The first-order chi connectivity index (χ1) is 6.78. The summed E-state index contributed by atoms with van der Waals surface area (Å²) in [5, 5.41) is 3.15. The maximum Gasteiger partial charge on any atom is 0.0667 e. The van der Waals surface area contributed by atoms with Gasteiger partial charge < -0.3 is 9.57 Å². The Morgan fingerprint density at radius 2 is 1.43 bits per heavy atom. The van der Waals surface area contributed by atoms with Gasteiger partial charge in [0.1, 0.15) is 0 Å². The molecule has 0 unspecified atom stereocenters. The molecule has 0 aromatic carbocycles. The van der Waals surface area contributed by atoms with Crippen molar-refractivity contribution in [3.8, 4) is 0 Å². The molecule has 0 aliphatic carbocycles. The summed E-state index contributed by atoms with van der Waals surface area (Å²) in [5.74, 6) is 0. The van der Waals surface area contributed by atoms with Crippen molar-refractivity contribution < 1.29 is 19.2 Å². The molecule has 0 fully saturated rings. The van der Waals surface area contributed by atoms with Crippen LogP contribution < -0.4 is 0 Å². The van der Waals surface area contributed by atoms with Gasteiger partial charge >= 0.3 is 0 Å². The first-order valence-corrected chi connectivity index (χ1v) is 4.42. The Hall–Kier alpha value is -0.240.